The molecule has 3 nitrogen and oxygen atoms in total. The molecule has 0 aromatic carbocycles. The fraction of sp³-hybridized carbons (Fsp3) is 1.00. The Labute approximate surface area is 100 Å². The summed E-state index contributed by atoms with van der Waals surface area (Å²) >= 11 is 0. The van der Waals surface area contributed by atoms with Gasteiger partial charge in [0, 0.05) is 6.61 Å². The van der Waals surface area contributed by atoms with Crippen molar-refractivity contribution < 1.29 is 14.6 Å². The Balaban J connectivity index is 3.27. The molecule has 0 rings (SSSR count). The number of unbranched alkanes of at least 4 members (excludes halogenated alkanes) is 3. The van der Waals surface area contributed by atoms with E-state index in [1.165, 1.54) is 19.3 Å². The summed E-state index contributed by atoms with van der Waals surface area (Å²) in [6.07, 6.45) is 4.29. The minimum atomic E-state index is -0.509. The van der Waals surface area contributed by atoms with Crippen LogP contribution in [0.3, 0.4) is 0 Å². The Bertz CT molecular complexity index is 152. The minimum Gasteiger partial charge on any atom is -0.388 e. The Hall–Kier alpha value is -0.120. The molecule has 3 heteroatoms. The average Bonchev–Trinajstić information content (AvgIpc) is 2.19. The maximum absolute atomic E-state index is 9.57. The first-order chi connectivity index (χ1) is 7.45. The smallest absolute Gasteiger partial charge is 0.101 e. The molecule has 0 aromatic heterocycles. The Morgan fingerprint density at radius 1 is 1.06 bits per heavy atom. The summed E-state index contributed by atoms with van der Waals surface area (Å²) < 4.78 is 10.8. The van der Waals surface area contributed by atoms with Crippen LogP contribution >= 0.6 is 0 Å². The monoisotopic (exact) mass is 232 g/mol. The highest BCUT2D eigenvalue weighted by Crippen LogP contribution is 2.07. The van der Waals surface area contributed by atoms with Crippen LogP contribution in [0.4, 0.5) is 0 Å². The van der Waals surface area contributed by atoms with Crippen LogP contribution in [-0.4, -0.2) is 36.6 Å². The second kappa shape index (κ2) is 8.97. The van der Waals surface area contributed by atoms with Crippen LogP contribution < -0.4 is 0 Å². The van der Waals surface area contributed by atoms with E-state index in [0.717, 1.165) is 13.0 Å². The standard InChI is InChI=1S/C13H28O3/c1-5-6-7-8-9-15-10-12(14)11-16-13(2,3)4/h12,14H,5-11H2,1-4H3. The van der Waals surface area contributed by atoms with E-state index in [0.29, 0.717) is 13.2 Å². The summed E-state index contributed by atoms with van der Waals surface area (Å²) in [7, 11) is 0. The van der Waals surface area contributed by atoms with Crippen LogP contribution in [0.25, 0.3) is 0 Å². The van der Waals surface area contributed by atoms with Crippen LogP contribution in [0.2, 0.25) is 0 Å². The molecule has 0 saturated carbocycles. The quantitative estimate of drug-likeness (QED) is 0.621. The van der Waals surface area contributed by atoms with Crippen molar-refractivity contribution in [1.82, 2.24) is 0 Å². The van der Waals surface area contributed by atoms with Crippen LogP contribution in [-0.2, 0) is 9.47 Å². The molecule has 0 aliphatic heterocycles. The minimum absolute atomic E-state index is 0.192. The molecule has 0 aromatic rings. The van der Waals surface area contributed by atoms with E-state index in [2.05, 4.69) is 6.92 Å². The second-order valence-corrected chi connectivity index (χ2v) is 5.21. The average molecular weight is 232 g/mol. The predicted molar refractivity (Wildman–Crippen MR) is 66.7 cm³/mol. The molecule has 1 unspecified atom stereocenters. The summed E-state index contributed by atoms with van der Waals surface area (Å²) in [5.41, 5.74) is -0.192. The lowest BCUT2D eigenvalue weighted by Gasteiger charge is -2.21. The molecule has 1 atom stereocenters. The Morgan fingerprint density at radius 2 is 1.75 bits per heavy atom. The zero-order chi connectivity index (χ0) is 12.4. The fourth-order valence-electron chi connectivity index (χ4n) is 1.24. The van der Waals surface area contributed by atoms with Gasteiger partial charge in [0.05, 0.1) is 18.8 Å². The van der Waals surface area contributed by atoms with Crippen LogP contribution in [0.15, 0.2) is 0 Å². The maximum Gasteiger partial charge on any atom is 0.101 e. The van der Waals surface area contributed by atoms with Crippen LogP contribution in [0, 0.1) is 0 Å². The first kappa shape index (κ1) is 15.9. The largest absolute Gasteiger partial charge is 0.388 e. The molecule has 0 aliphatic carbocycles. The number of aliphatic hydroxyl groups is 1. The molecule has 0 amide bonds. The number of hydrogen-bond donors (Lipinski definition) is 1. The van der Waals surface area contributed by atoms with Gasteiger partial charge in [-0.15, -0.1) is 0 Å². The highest BCUT2D eigenvalue weighted by molar-refractivity contribution is 4.61. The summed E-state index contributed by atoms with van der Waals surface area (Å²) in [4.78, 5) is 0. The van der Waals surface area contributed by atoms with Crippen molar-refractivity contribution in [2.75, 3.05) is 19.8 Å². The van der Waals surface area contributed by atoms with E-state index in [9.17, 15) is 5.11 Å². The van der Waals surface area contributed by atoms with Gasteiger partial charge in [0.1, 0.15) is 6.10 Å². The molecule has 0 radical (unpaired) electrons. The van der Waals surface area contributed by atoms with Gasteiger partial charge in [-0.2, -0.15) is 0 Å². The highest BCUT2D eigenvalue weighted by atomic mass is 16.5. The molecule has 0 aliphatic rings. The van der Waals surface area contributed by atoms with Crippen molar-refractivity contribution in [3.63, 3.8) is 0 Å². The lowest BCUT2D eigenvalue weighted by molar-refractivity contribution is -0.0715. The first-order valence-corrected chi connectivity index (χ1v) is 6.35. The van der Waals surface area contributed by atoms with E-state index in [4.69, 9.17) is 9.47 Å². The topological polar surface area (TPSA) is 38.7 Å². The molecule has 16 heavy (non-hydrogen) atoms. The van der Waals surface area contributed by atoms with E-state index in [-0.39, 0.29) is 5.60 Å². The van der Waals surface area contributed by atoms with E-state index in [1.807, 2.05) is 20.8 Å². The van der Waals surface area contributed by atoms with Crippen molar-refractivity contribution in [2.24, 2.45) is 0 Å². The van der Waals surface area contributed by atoms with Crippen LogP contribution in [0.5, 0.6) is 0 Å². The van der Waals surface area contributed by atoms with Gasteiger partial charge >= 0.3 is 0 Å². The number of rotatable bonds is 9. The van der Waals surface area contributed by atoms with E-state index >= 15 is 0 Å². The van der Waals surface area contributed by atoms with Gasteiger partial charge in [-0.3, -0.25) is 0 Å². The van der Waals surface area contributed by atoms with Crippen LogP contribution in [0.1, 0.15) is 53.4 Å². The van der Waals surface area contributed by atoms with Crippen molar-refractivity contribution in [3.05, 3.63) is 0 Å². The van der Waals surface area contributed by atoms with Gasteiger partial charge in [0.2, 0.25) is 0 Å². The normalized spacial score (nSPS) is 14.1. The van der Waals surface area contributed by atoms with E-state index in [1.54, 1.807) is 0 Å². The molecule has 0 saturated heterocycles. The number of aliphatic hydroxyl groups excluding tert-OH is 1. The van der Waals surface area contributed by atoms with Gasteiger partial charge in [0.15, 0.2) is 0 Å². The third-order valence-electron chi connectivity index (χ3n) is 2.16. The third-order valence-corrected chi connectivity index (χ3v) is 2.16. The van der Waals surface area contributed by atoms with Gasteiger partial charge < -0.3 is 14.6 Å². The summed E-state index contributed by atoms with van der Waals surface area (Å²) in [6.45, 7) is 9.59. The summed E-state index contributed by atoms with van der Waals surface area (Å²) in [5, 5.41) is 9.57. The molecule has 0 heterocycles. The molecular formula is C13H28O3. The molecule has 1 N–H and O–H groups in total. The summed E-state index contributed by atoms with van der Waals surface area (Å²) in [5.74, 6) is 0. The summed E-state index contributed by atoms with van der Waals surface area (Å²) in [6, 6.07) is 0. The molecule has 0 bridgehead atoms. The molecule has 98 valence electrons. The molecule has 0 spiro atoms. The number of ether oxygens (including phenoxy) is 2. The zero-order valence-corrected chi connectivity index (χ0v) is 11.3. The number of hydrogen-bond acceptors (Lipinski definition) is 3. The predicted octanol–water partition coefficient (Wildman–Crippen LogP) is 2.76. The first-order valence-electron chi connectivity index (χ1n) is 6.35. The van der Waals surface area contributed by atoms with Crippen molar-refractivity contribution in [3.8, 4) is 0 Å². The lowest BCUT2D eigenvalue weighted by Crippen LogP contribution is -2.29. The molecule has 0 fully saturated rings. The lowest BCUT2D eigenvalue weighted by atomic mass is 10.2. The van der Waals surface area contributed by atoms with Gasteiger partial charge in [0.25, 0.3) is 0 Å². The third kappa shape index (κ3) is 12.0. The fourth-order valence-corrected chi connectivity index (χ4v) is 1.24. The second-order valence-electron chi connectivity index (χ2n) is 5.21. The Kier molecular flexibility index (Phi) is 8.90. The van der Waals surface area contributed by atoms with Gasteiger partial charge in [-0.05, 0) is 27.2 Å². The zero-order valence-electron chi connectivity index (χ0n) is 11.3. The Morgan fingerprint density at radius 3 is 2.31 bits per heavy atom. The molecular weight excluding hydrogens is 204 g/mol. The van der Waals surface area contributed by atoms with Gasteiger partial charge in [-0.25, -0.2) is 0 Å². The highest BCUT2D eigenvalue weighted by Gasteiger charge is 2.13. The van der Waals surface area contributed by atoms with Crippen molar-refractivity contribution in [1.29, 1.82) is 0 Å². The van der Waals surface area contributed by atoms with Crippen molar-refractivity contribution >= 4 is 0 Å². The van der Waals surface area contributed by atoms with Crippen molar-refractivity contribution in [2.45, 2.75) is 65.1 Å². The van der Waals surface area contributed by atoms with E-state index < -0.39 is 6.10 Å². The maximum atomic E-state index is 9.57. The van der Waals surface area contributed by atoms with Gasteiger partial charge in [-0.1, -0.05) is 26.2 Å². The SMILES string of the molecule is CCCCCCOCC(O)COC(C)(C)C.